The van der Waals surface area contributed by atoms with Crippen LogP contribution in [-0.2, 0) is 16.0 Å². The zero-order valence-electron chi connectivity index (χ0n) is 11.0. The molecular weight excluding hydrogens is 266 g/mol. The molecule has 0 amide bonds. The molecule has 0 aromatic carbocycles. The number of carbonyl (C=O) groups is 1. The fourth-order valence-corrected chi connectivity index (χ4v) is 2.15. The second-order valence-corrected chi connectivity index (χ2v) is 5.12. The van der Waals surface area contributed by atoms with E-state index in [0.29, 0.717) is 18.9 Å². The maximum atomic E-state index is 11.6. The molecule has 2 aromatic heterocycles. The van der Waals surface area contributed by atoms with Crippen LogP contribution in [-0.4, -0.2) is 27.7 Å². The van der Waals surface area contributed by atoms with E-state index < -0.39 is 5.92 Å². The molecule has 0 saturated carbocycles. The Hall–Kier alpha value is -1.76. The molecule has 7 heteroatoms. The normalized spacial score (nSPS) is 12.4. The molecular formula is C12H15N3O3S. The standard InChI is InChI=1S/C12H15N3O3S/c1-4-17-12(16)7(2)11-14-10(15-18-11)5-9-6-19-8(3)13-9/h6-7H,4-5H2,1-3H3. The summed E-state index contributed by atoms with van der Waals surface area (Å²) in [6, 6.07) is 0. The summed E-state index contributed by atoms with van der Waals surface area (Å²) < 4.78 is 10.00. The zero-order valence-corrected chi connectivity index (χ0v) is 11.9. The van der Waals surface area contributed by atoms with Gasteiger partial charge in [0.05, 0.1) is 23.7 Å². The van der Waals surface area contributed by atoms with Crippen molar-refractivity contribution in [2.45, 2.75) is 33.1 Å². The Balaban J connectivity index is 2.04. The number of carbonyl (C=O) groups excluding carboxylic acids is 1. The Morgan fingerprint density at radius 3 is 2.95 bits per heavy atom. The van der Waals surface area contributed by atoms with Gasteiger partial charge in [0.1, 0.15) is 5.92 Å². The minimum absolute atomic E-state index is 0.278. The number of aromatic nitrogens is 3. The van der Waals surface area contributed by atoms with Crippen molar-refractivity contribution >= 4 is 17.3 Å². The van der Waals surface area contributed by atoms with Gasteiger partial charge in [-0.05, 0) is 20.8 Å². The molecule has 0 aliphatic carbocycles. The number of rotatable bonds is 5. The largest absolute Gasteiger partial charge is 0.465 e. The van der Waals surface area contributed by atoms with E-state index in [1.807, 2.05) is 12.3 Å². The average Bonchev–Trinajstić information content (AvgIpc) is 2.99. The molecule has 0 aliphatic heterocycles. The van der Waals surface area contributed by atoms with E-state index in [0.717, 1.165) is 10.7 Å². The summed E-state index contributed by atoms with van der Waals surface area (Å²) in [4.78, 5) is 20.1. The number of hydrogen-bond acceptors (Lipinski definition) is 7. The SMILES string of the molecule is CCOC(=O)C(C)c1nc(Cc2csc(C)n2)no1. The van der Waals surface area contributed by atoms with Crippen LogP contribution >= 0.6 is 11.3 Å². The van der Waals surface area contributed by atoms with Gasteiger partial charge in [-0.3, -0.25) is 4.79 Å². The fraction of sp³-hybridized carbons (Fsp3) is 0.500. The Labute approximate surface area is 114 Å². The Morgan fingerprint density at radius 2 is 2.32 bits per heavy atom. The molecule has 1 atom stereocenters. The second kappa shape index (κ2) is 5.92. The lowest BCUT2D eigenvalue weighted by Crippen LogP contribution is -2.13. The average molecular weight is 281 g/mol. The van der Waals surface area contributed by atoms with E-state index in [4.69, 9.17) is 9.26 Å². The van der Waals surface area contributed by atoms with E-state index in [-0.39, 0.29) is 11.9 Å². The van der Waals surface area contributed by atoms with Crippen LogP contribution in [0.2, 0.25) is 0 Å². The molecule has 0 bridgehead atoms. The van der Waals surface area contributed by atoms with Crippen LogP contribution in [0.15, 0.2) is 9.90 Å². The smallest absolute Gasteiger partial charge is 0.318 e. The Bertz CT molecular complexity index is 564. The van der Waals surface area contributed by atoms with Crippen molar-refractivity contribution in [2.75, 3.05) is 6.61 Å². The molecule has 0 N–H and O–H groups in total. The third kappa shape index (κ3) is 3.37. The number of esters is 1. The van der Waals surface area contributed by atoms with Crippen LogP contribution in [0.25, 0.3) is 0 Å². The molecule has 0 fully saturated rings. The molecule has 102 valence electrons. The van der Waals surface area contributed by atoms with Gasteiger partial charge in [-0.1, -0.05) is 5.16 Å². The first-order valence-electron chi connectivity index (χ1n) is 6.00. The molecule has 2 aromatic rings. The number of aryl methyl sites for hydroxylation is 1. The summed E-state index contributed by atoms with van der Waals surface area (Å²) in [5.41, 5.74) is 0.902. The van der Waals surface area contributed by atoms with Crippen LogP contribution in [0.5, 0.6) is 0 Å². The first-order chi connectivity index (χ1) is 9.10. The van der Waals surface area contributed by atoms with Gasteiger partial charge in [0.2, 0.25) is 5.89 Å². The molecule has 2 rings (SSSR count). The highest BCUT2D eigenvalue weighted by Gasteiger charge is 2.23. The van der Waals surface area contributed by atoms with Crippen molar-refractivity contribution in [3.8, 4) is 0 Å². The number of hydrogen-bond donors (Lipinski definition) is 0. The number of nitrogens with zero attached hydrogens (tertiary/aromatic N) is 3. The van der Waals surface area contributed by atoms with Gasteiger partial charge in [0, 0.05) is 5.38 Å². The van der Waals surface area contributed by atoms with Gasteiger partial charge in [-0.15, -0.1) is 11.3 Å². The van der Waals surface area contributed by atoms with Gasteiger partial charge in [0.15, 0.2) is 5.82 Å². The highest BCUT2D eigenvalue weighted by Crippen LogP contribution is 2.16. The molecule has 1 unspecified atom stereocenters. The summed E-state index contributed by atoms with van der Waals surface area (Å²) in [7, 11) is 0. The Morgan fingerprint density at radius 1 is 1.53 bits per heavy atom. The van der Waals surface area contributed by atoms with Crippen molar-refractivity contribution in [3.63, 3.8) is 0 Å². The summed E-state index contributed by atoms with van der Waals surface area (Å²) in [6.07, 6.45) is 0.503. The molecule has 19 heavy (non-hydrogen) atoms. The fourth-order valence-electron chi connectivity index (χ4n) is 1.53. The van der Waals surface area contributed by atoms with E-state index in [9.17, 15) is 4.79 Å². The van der Waals surface area contributed by atoms with Gasteiger partial charge in [0.25, 0.3) is 0 Å². The van der Waals surface area contributed by atoms with E-state index >= 15 is 0 Å². The van der Waals surface area contributed by atoms with Crippen molar-refractivity contribution in [1.82, 2.24) is 15.1 Å². The predicted molar refractivity (Wildman–Crippen MR) is 69.0 cm³/mol. The van der Waals surface area contributed by atoms with E-state index in [2.05, 4.69) is 15.1 Å². The lowest BCUT2D eigenvalue weighted by Gasteiger charge is -2.04. The van der Waals surface area contributed by atoms with Crippen molar-refractivity contribution in [3.05, 3.63) is 27.8 Å². The molecule has 0 aliphatic rings. The molecule has 0 radical (unpaired) electrons. The molecule has 0 saturated heterocycles. The van der Waals surface area contributed by atoms with E-state index in [1.54, 1.807) is 25.2 Å². The predicted octanol–water partition coefficient (Wildman–Crippen LogP) is 2.09. The molecule has 2 heterocycles. The summed E-state index contributed by atoms with van der Waals surface area (Å²) in [5.74, 6) is -0.0996. The summed E-state index contributed by atoms with van der Waals surface area (Å²) >= 11 is 1.58. The van der Waals surface area contributed by atoms with E-state index in [1.165, 1.54) is 0 Å². The third-order valence-corrected chi connectivity index (χ3v) is 3.32. The number of ether oxygens (including phenoxy) is 1. The summed E-state index contributed by atoms with van der Waals surface area (Å²) in [6.45, 7) is 5.72. The van der Waals surface area contributed by atoms with Crippen LogP contribution in [0, 0.1) is 6.92 Å². The maximum Gasteiger partial charge on any atom is 0.318 e. The maximum absolute atomic E-state index is 11.6. The van der Waals surface area contributed by atoms with Crippen molar-refractivity contribution in [1.29, 1.82) is 0 Å². The first kappa shape index (κ1) is 13.7. The highest BCUT2D eigenvalue weighted by atomic mass is 32.1. The van der Waals surface area contributed by atoms with Crippen LogP contribution in [0.1, 0.15) is 42.2 Å². The Kier molecular flexibility index (Phi) is 4.26. The molecule has 0 spiro atoms. The highest BCUT2D eigenvalue weighted by molar-refractivity contribution is 7.09. The minimum Gasteiger partial charge on any atom is -0.465 e. The van der Waals surface area contributed by atoms with Crippen LogP contribution < -0.4 is 0 Å². The van der Waals surface area contributed by atoms with Crippen LogP contribution in [0.4, 0.5) is 0 Å². The second-order valence-electron chi connectivity index (χ2n) is 4.06. The monoisotopic (exact) mass is 281 g/mol. The quantitative estimate of drug-likeness (QED) is 0.781. The zero-order chi connectivity index (χ0) is 13.8. The topological polar surface area (TPSA) is 78.1 Å². The summed E-state index contributed by atoms with van der Waals surface area (Å²) in [5, 5.41) is 6.81. The van der Waals surface area contributed by atoms with Crippen LogP contribution in [0.3, 0.4) is 0 Å². The lowest BCUT2D eigenvalue weighted by molar-refractivity contribution is -0.145. The minimum atomic E-state index is -0.543. The van der Waals surface area contributed by atoms with Gasteiger partial charge < -0.3 is 9.26 Å². The van der Waals surface area contributed by atoms with Gasteiger partial charge in [-0.2, -0.15) is 4.98 Å². The van der Waals surface area contributed by atoms with Crippen molar-refractivity contribution in [2.24, 2.45) is 0 Å². The first-order valence-corrected chi connectivity index (χ1v) is 6.88. The van der Waals surface area contributed by atoms with Gasteiger partial charge >= 0.3 is 5.97 Å². The van der Waals surface area contributed by atoms with Crippen molar-refractivity contribution < 1.29 is 14.1 Å². The number of thiazole rings is 1. The third-order valence-electron chi connectivity index (χ3n) is 2.50. The molecule has 6 nitrogen and oxygen atoms in total. The van der Waals surface area contributed by atoms with Gasteiger partial charge in [-0.25, -0.2) is 4.98 Å². The lowest BCUT2D eigenvalue weighted by atomic mass is 10.2.